The van der Waals surface area contributed by atoms with Gasteiger partial charge in [-0.15, -0.1) is 24.0 Å². The minimum absolute atomic E-state index is 0. The molecule has 23 heavy (non-hydrogen) atoms. The molecule has 1 aliphatic carbocycles. The Morgan fingerprint density at radius 1 is 1.26 bits per heavy atom. The van der Waals surface area contributed by atoms with E-state index in [1.54, 1.807) is 13.3 Å². The van der Waals surface area contributed by atoms with Gasteiger partial charge in [-0.2, -0.15) is 0 Å². The highest BCUT2D eigenvalue weighted by Crippen LogP contribution is 2.37. The van der Waals surface area contributed by atoms with Gasteiger partial charge in [0.1, 0.15) is 5.76 Å². The lowest BCUT2D eigenvalue weighted by atomic mass is 9.76. The van der Waals surface area contributed by atoms with E-state index < -0.39 is 0 Å². The zero-order chi connectivity index (χ0) is 15.4. The van der Waals surface area contributed by atoms with E-state index in [0.29, 0.717) is 18.5 Å². The Kier molecular flexibility index (Phi) is 6.95. The number of benzene rings is 1. The number of aliphatic imine (C=N–C) groups is 1. The van der Waals surface area contributed by atoms with Gasteiger partial charge in [-0.1, -0.05) is 28.1 Å². The summed E-state index contributed by atoms with van der Waals surface area (Å²) in [6.45, 7) is 0.648. The third-order valence-electron chi connectivity index (χ3n) is 4.05. The first-order valence-corrected chi connectivity index (χ1v) is 8.29. The normalized spacial score (nSPS) is 20.3. The molecule has 1 saturated carbocycles. The highest BCUT2D eigenvalue weighted by atomic mass is 127. The Labute approximate surface area is 162 Å². The van der Waals surface area contributed by atoms with Crippen molar-refractivity contribution in [2.75, 3.05) is 7.05 Å². The minimum atomic E-state index is 0. The third-order valence-corrected chi connectivity index (χ3v) is 4.58. The average Bonchev–Trinajstić information content (AvgIpc) is 3.00. The molecule has 4 nitrogen and oxygen atoms in total. The summed E-state index contributed by atoms with van der Waals surface area (Å²) in [5, 5.41) is 6.74. The SMILES string of the molecule is CN=C(NCc1ccco1)NC1CC(c2ccc(Br)cc2)C1.I. The molecule has 0 atom stereocenters. The van der Waals surface area contributed by atoms with E-state index in [4.69, 9.17) is 4.42 Å². The maximum Gasteiger partial charge on any atom is 0.191 e. The molecule has 0 saturated heterocycles. The topological polar surface area (TPSA) is 49.6 Å². The van der Waals surface area contributed by atoms with Crippen molar-refractivity contribution in [2.45, 2.75) is 31.3 Å². The fourth-order valence-corrected chi connectivity index (χ4v) is 2.98. The second kappa shape index (κ2) is 8.73. The van der Waals surface area contributed by atoms with Crippen LogP contribution in [-0.2, 0) is 6.54 Å². The van der Waals surface area contributed by atoms with Crippen molar-refractivity contribution in [3.8, 4) is 0 Å². The summed E-state index contributed by atoms with van der Waals surface area (Å²) in [6.07, 6.45) is 3.97. The zero-order valence-corrected chi connectivity index (χ0v) is 16.9. The summed E-state index contributed by atoms with van der Waals surface area (Å²) in [5.41, 5.74) is 1.42. The Bertz CT molecular complexity index is 622. The minimum Gasteiger partial charge on any atom is -0.467 e. The third kappa shape index (κ3) is 4.97. The summed E-state index contributed by atoms with van der Waals surface area (Å²) in [4.78, 5) is 4.27. The van der Waals surface area contributed by atoms with E-state index in [0.717, 1.165) is 29.0 Å². The molecule has 2 N–H and O–H groups in total. The number of furan rings is 1. The van der Waals surface area contributed by atoms with E-state index in [-0.39, 0.29) is 24.0 Å². The molecule has 1 fully saturated rings. The maximum atomic E-state index is 5.31. The van der Waals surface area contributed by atoms with Gasteiger partial charge in [-0.3, -0.25) is 4.99 Å². The first kappa shape index (κ1) is 18.3. The monoisotopic (exact) mass is 489 g/mol. The summed E-state index contributed by atoms with van der Waals surface area (Å²) in [5.74, 6) is 2.38. The fraction of sp³-hybridized carbons (Fsp3) is 0.353. The van der Waals surface area contributed by atoms with Gasteiger partial charge >= 0.3 is 0 Å². The lowest BCUT2D eigenvalue weighted by Crippen LogP contribution is -2.48. The first-order valence-electron chi connectivity index (χ1n) is 7.49. The number of rotatable bonds is 4. The molecule has 1 aliphatic rings. The van der Waals surface area contributed by atoms with E-state index in [1.165, 1.54) is 5.56 Å². The maximum absolute atomic E-state index is 5.31. The smallest absolute Gasteiger partial charge is 0.191 e. The van der Waals surface area contributed by atoms with Crippen molar-refractivity contribution in [1.82, 2.24) is 10.6 Å². The molecule has 124 valence electrons. The molecule has 0 amide bonds. The predicted molar refractivity (Wildman–Crippen MR) is 107 cm³/mol. The van der Waals surface area contributed by atoms with Crippen LogP contribution in [0.25, 0.3) is 0 Å². The average molecular weight is 490 g/mol. The molecular formula is C17H21BrIN3O. The van der Waals surface area contributed by atoms with E-state index in [2.05, 4.69) is 55.8 Å². The van der Waals surface area contributed by atoms with Crippen molar-refractivity contribution in [1.29, 1.82) is 0 Å². The van der Waals surface area contributed by atoms with Crippen molar-refractivity contribution < 1.29 is 4.42 Å². The highest BCUT2D eigenvalue weighted by Gasteiger charge is 2.30. The van der Waals surface area contributed by atoms with Gasteiger partial charge in [0.15, 0.2) is 5.96 Å². The van der Waals surface area contributed by atoms with Gasteiger partial charge in [-0.25, -0.2) is 0 Å². The second-order valence-electron chi connectivity index (χ2n) is 5.57. The lowest BCUT2D eigenvalue weighted by molar-refractivity contribution is 0.321. The van der Waals surface area contributed by atoms with Crippen LogP contribution in [0.1, 0.15) is 30.1 Å². The van der Waals surface area contributed by atoms with Gasteiger partial charge in [0.25, 0.3) is 0 Å². The molecule has 0 spiro atoms. The number of nitrogens with zero attached hydrogens (tertiary/aromatic N) is 1. The number of halogens is 2. The van der Waals surface area contributed by atoms with E-state index >= 15 is 0 Å². The summed E-state index contributed by atoms with van der Waals surface area (Å²) in [6, 6.07) is 13.0. The van der Waals surface area contributed by atoms with Crippen molar-refractivity contribution in [3.63, 3.8) is 0 Å². The number of hydrogen-bond donors (Lipinski definition) is 2. The summed E-state index contributed by atoms with van der Waals surface area (Å²) in [7, 11) is 1.79. The Balaban J connectivity index is 0.00000192. The predicted octanol–water partition coefficient (Wildman–Crippen LogP) is 4.27. The molecule has 0 aliphatic heterocycles. The van der Waals surface area contributed by atoms with Crippen LogP contribution in [-0.4, -0.2) is 19.0 Å². The molecule has 0 bridgehead atoms. The van der Waals surface area contributed by atoms with Gasteiger partial charge in [0.05, 0.1) is 12.8 Å². The molecule has 6 heteroatoms. The lowest BCUT2D eigenvalue weighted by Gasteiger charge is -2.37. The molecule has 1 aromatic heterocycles. The molecule has 2 aromatic rings. The van der Waals surface area contributed by atoms with Gasteiger partial charge in [0.2, 0.25) is 0 Å². The number of hydrogen-bond acceptors (Lipinski definition) is 2. The molecule has 3 rings (SSSR count). The van der Waals surface area contributed by atoms with Crippen LogP contribution in [0, 0.1) is 0 Å². The summed E-state index contributed by atoms with van der Waals surface area (Å²) < 4.78 is 6.44. The fourth-order valence-electron chi connectivity index (χ4n) is 2.71. The van der Waals surface area contributed by atoms with Crippen LogP contribution < -0.4 is 10.6 Å². The number of nitrogens with one attached hydrogen (secondary N) is 2. The van der Waals surface area contributed by atoms with Crippen LogP contribution in [0.15, 0.2) is 56.5 Å². The largest absolute Gasteiger partial charge is 0.467 e. The molecule has 1 heterocycles. The van der Waals surface area contributed by atoms with Crippen LogP contribution in [0.3, 0.4) is 0 Å². The van der Waals surface area contributed by atoms with Crippen LogP contribution in [0.5, 0.6) is 0 Å². The van der Waals surface area contributed by atoms with Gasteiger partial charge < -0.3 is 15.1 Å². The van der Waals surface area contributed by atoms with Crippen molar-refractivity contribution in [3.05, 3.63) is 58.5 Å². The molecule has 0 unspecified atom stereocenters. The number of guanidine groups is 1. The highest BCUT2D eigenvalue weighted by molar-refractivity contribution is 14.0. The van der Waals surface area contributed by atoms with E-state index in [1.807, 2.05) is 12.1 Å². The Hall–Kier alpha value is -1.02. The summed E-state index contributed by atoms with van der Waals surface area (Å²) >= 11 is 3.48. The van der Waals surface area contributed by atoms with Crippen LogP contribution in [0.4, 0.5) is 0 Å². The van der Waals surface area contributed by atoms with Gasteiger partial charge in [-0.05, 0) is 48.6 Å². The molecule has 0 radical (unpaired) electrons. The standard InChI is InChI=1S/C17H20BrN3O.HI/c1-19-17(20-11-16-3-2-8-22-16)21-15-9-13(10-15)12-4-6-14(18)7-5-12;/h2-8,13,15H,9-11H2,1H3,(H2,19,20,21);1H. The van der Waals surface area contributed by atoms with Crippen molar-refractivity contribution >= 4 is 45.9 Å². The van der Waals surface area contributed by atoms with Crippen LogP contribution >= 0.6 is 39.9 Å². The quantitative estimate of drug-likeness (QED) is 0.383. The van der Waals surface area contributed by atoms with E-state index in [9.17, 15) is 0 Å². The molecular weight excluding hydrogens is 469 g/mol. The van der Waals surface area contributed by atoms with Crippen molar-refractivity contribution in [2.24, 2.45) is 4.99 Å². The second-order valence-corrected chi connectivity index (χ2v) is 6.48. The van der Waals surface area contributed by atoms with Crippen LogP contribution in [0.2, 0.25) is 0 Å². The molecule has 1 aromatic carbocycles. The Morgan fingerprint density at radius 3 is 2.61 bits per heavy atom. The zero-order valence-electron chi connectivity index (χ0n) is 13.0. The van der Waals surface area contributed by atoms with Gasteiger partial charge in [0, 0.05) is 17.6 Å². The Morgan fingerprint density at radius 2 is 2.00 bits per heavy atom. The first-order chi connectivity index (χ1) is 10.7.